The Kier molecular flexibility index (Phi) is 8.19. The molecule has 1 aliphatic carbocycles. The van der Waals surface area contributed by atoms with E-state index in [0.29, 0.717) is 0 Å². The van der Waals surface area contributed by atoms with Crippen LogP contribution >= 0.6 is 15.9 Å². The molecule has 0 saturated heterocycles. The van der Waals surface area contributed by atoms with Gasteiger partial charge >= 0.3 is 0 Å². The molecule has 0 heterocycles. The van der Waals surface area contributed by atoms with Crippen LogP contribution in [0.1, 0.15) is 156 Å². The van der Waals surface area contributed by atoms with Crippen LogP contribution in [0.15, 0.2) is 77.3 Å². The second-order valence-corrected chi connectivity index (χ2v) is 18.3. The van der Waals surface area contributed by atoms with Crippen molar-refractivity contribution >= 4 is 15.9 Å². The molecule has 44 heavy (non-hydrogen) atoms. The van der Waals surface area contributed by atoms with Crippen LogP contribution in [-0.4, -0.2) is 0 Å². The number of benzene rings is 4. The minimum absolute atomic E-state index is 0.0220. The number of fused-ring (bicyclic) bond motifs is 2. The number of hydrogen-bond donors (Lipinski definition) is 0. The molecular formula is C43H53Br. The van der Waals surface area contributed by atoms with Gasteiger partial charge in [-0.15, -0.1) is 0 Å². The third kappa shape index (κ3) is 6.11. The highest BCUT2D eigenvalue weighted by molar-refractivity contribution is 9.10. The molecule has 232 valence electrons. The second-order valence-electron chi connectivity index (χ2n) is 17.4. The van der Waals surface area contributed by atoms with Crippen molar-refractivity contribution in [2.24, 2.45) is 0 Å². The maximum Gasteiger partial charge on any atom is 0.0346 e. The van der Waals surface area contributed by atoms with Gasteiger partial charge in [0.15, 0.2) is 0 Å². The van der Waals surface area contributed by atoms with E-state index in [0.717, 1.165) is 4.47 Å². The zero-order chi connectivity index (χ0) is 32.6. The first kappa shape index (κ1) is 32.7. The summed E-state index contributed by atoms with van der Waals surface area (Å²) in [5.74, 6) is 0.317. The summed E-state index contributed by atoms with van der Waals surface area (Å²) in [7, 11) is 0. The summed E-state index contributed by atoms with van der Waals surface area (Å²) < 4.78 is 1.12. The number of halogens is 1. The lowest BCUT2D eigenvalue weighted by Crippen LogP contribution is -2.29. The Morgan fingerprint density at radius 3 is 0.909 bits per heavy atom. The highest BCUT2D eigenvalue weighted by Crippen LogP contribution is 2.53. The lowest BCUT2D eigenvalue weighted by molar-refractivity contribution is 0.524. The molecule has 0 aliphatic heterocycles. The van der Waals surface area contributed by atoms with E-state index in [1.165, 1.54) is 61.2 Å². The fourth-order valence-corrected chi connectivity index (χ4v) is 7.48. The Labute approximate surface area is 276 Å². The fraction of sp³-hybridized carbons (Fsp3) is 0.442. The van der Waals surface area contributed by atoms with E-state index >= 15 is 0 Å². The molecule has 0 atom stereocenters. The number of rotatable bonds is 2. The van der Waals surface area contributed by atoms with Crippen molar-refractivity contribution in [3.05, 3.63) is 138 Å². The van der Waals surface area contributed by atoms with Crippen molar-refractivity contribution in [3.63, 3.8) is 0 Å². The third-order valence-electron chi connectivity index (χ3n) is 9.54. The molecule has 4 aromatic rings. The van der Waals surface area contributed by atoms with Crippen molar-refractivity contribution in [2.75, 3.05) is 0 Å². The van der Waals surface area contributed by atoms with Crippen LogP contribution in [0.2, 0.25) is 0 Å². The maximum absolute atomic E-state index is 3.72. The van der Waals surface area contributed by atoms with Crippen LogP contribution in [0.25, 0.3) is 0 Å². The normalized spacial score (nSPS) is 17.3. The molecule has 0 amide bonds. The molecule has 0 aromatic heterocycles. The first-order valence-electron chi connectivity index (χ1n) is 16.4. The molecule has 1 heteroatoms. The fourth-order valence-electron chi connectivity index (χ4n) is 7.22. The quantitative estimate of drug-likeness (QED) is 0.179. The number of hydrogen-bond acceptors (Lipinski definition) is 0. The maximum atomic E-state index is 3.72. The minimum atomic E-state index is 0.0220. The standard InChI is InChI=1S/C43H53Br/c1-26-14-16-27(17-15-26)38-30-22-34(40(2,3)4)36(42(8,9)10)24-32(30)39(28-18-20-29(44)21-19-28)33-25-37(43(11,12)13)35(23-31(33)38)41(5,6)7/h14-25,38-39H,1-13H3. The van der Waals surface area contributed by atoms with E-state index in [1.807, 2.05) is 0 Å². The second kappa shape index (κ2) is 11.0. The topological polar surface area (TPSA) is 0 Å². The molecule has 0 saturated carbocycles. The van der Waals surface area contributed by atoms with Crippen molar-refractivity contribution in [1.82, 2.24) is 0 Å². The van der Waals surface area contributed by atoms with E-state index in [1.54, 1.807) is 0 Å². The molecule has 1 aliphatic rings. The Hall–Kier alpha value is -2.64. The zero-order valence-electron chi connectivity index (χ0n) is 29.5. The average Bonchev–Trinajstić information content (AvgIpc) is 2.89. The van der Waals surface area contributed by atoms with Crippen LogP contribution in [0, 0.1) is 6.92 Å². The largest absolute Gasteiger partial charge is 0.0590 e. The van der Waals surface area contributed by atoms with Crippen LogP contribution in [-0.2, 0) is 21.7 Å². The number of aryl methyl sites for hydroxylation is 1. The van der Waals surface area contributed by atoms with Gasteiger partial charge in [0.25, 0.3) is 0 Å². The molecule has 0 bridgehead atoms. The zero-order valence-corrected chi connectivity index (χ0v) is 31.0. The van der Waals surface area contributed by atoms with Crippen molar-refractivity contribution in [3.8, 4) is 0 Å². The van der Waals surface area contributed by atoms with Crippen LogP contribution in [0.3, 0.4) is 0 Å². The smallest absolute Gasteiger partial charge is 0.0346 e. The van der Waals surface area contributed by atoms with E-state index < -0.39 is 0 Å². The summed E-state index contributed by atoms with van der Waals surface area (Å²) in [5, 5.41) is 0. The van der Waals surface area contributed by atoms with Gasteiger partial charge in [-0.25, -0.2) is 0 Å². The monoisotopic (exact) mass is 648 g/mol. The van der Waals surface area contributed by atoms with Gasteiger partial charge in [0.1, 0.15) is 0 Å². The molecule has 0 N–H and O–H groups in total. The Morgan fingerprint density at radius 1 is 0.409 bits per heavy atom. The predicted octanol–water partition coefficient (Wildman–Crippen LogP) is 12.6. The molecule has 4 aromatic carbocycles. The van der Waals surface area contributed by atoms with Crippen molar-refractivity contribution < 1.29 is 0 Å². The Balaban J connectivity index is 2.00. The molecule has 0 fully saturated rings. The Morgan fingerprint density at radius 2 is 0.659 bits per heavy atom. The predicted molar refractivity (Wildman–Crippen MR) is 195 cm³/mol. The first-order valence-corrected chi connectivity index (χ1v) is 17.2. The summed E-state index contributed by atoms with van der Waals surface area (Å²) in [6.45, 7) is 30.7. The SMILES string of the molecule is Cc1ccc(C2c3cc(C(C)(C)C)c(C(C)(C)C)cc3C(c3ccc(Br)cc3)c3cc(C(C)(C)C)c(C(C)(C)C)cc32)cc1. The van der Waals surface area contributed by atoms with Gasteiger partial charge in [0.2, 0.25) is 0 Å². The summed E-state index contributed by atoms with van der Waals surface area (Å²) in [5.41, 5.74) is 15.8. The molecule has 0 radical (unpaired) electrons. The first-order chi connectivity index (χ1) is 20.2. The van der Waals surface area contributed by atoms with E-state index in [2.05, 4.69) is 179 Å². The van der Waals surface area contributed by atoms with Gasteiger partial charge in [-0.1, -0.05) is 165 Å². The molecule has 0 nitrogen and oxygen atoms in total. The lowest BCUT2D eigenvalue weighted by atomic mass is 9.62. The highest BCUT2D eigenvalue weighted by atomic mass is 79.9. The lowest BCUT2D eigenvalue weighted by Gasteiger charge is -2.41. The summed E-state index contributed by atoms with van der Waals surface area (Å²) in [6, 6.07) is 28.8. The van der Waals surface area contributed by atoms with Crippen LogP contribution in [0.4, 0.5) is 0 Å². The molecular weight excluding hydrogens is 596 g/mol. The van der Waals surface area contributed by atoms with E-state index in [-0.39, 0.29) is 33.5 Å². The minimum Gasteiger partial charge on any atom is -0.0590 e. The summed E-state index contributed by atoms with van der Waals surface area (Å²) >= 11 is 3.72. The molecule has 0 spiro atoms. The van der Waals surface area contributed by atoms with Crippen molar-refractivity contribution in [1.29, 1.82) is 0 Å². The van der Waals surface area contributed by atoms with Crippen LogP contribution < -0.4 is 0 Å². The van der Waals surface area contributed by atoms with Gasteiger partial charge in [-0.3, -0.25) is 0 Å². The summed E-state index contributed by atoms with van der Waals surface area (Å²) in [6.07, 6.45) is 0. The summed E-state index contributed by atoms with van der Waals surface area (Å²) in [4.78, 5) is 0. The van der Waals surface area contributed by atoms with Gasteiger partial charge in [0, 0.05) is 16.3 Å². The van der Waals surface area contributed by atoms with Gasteiger partial charge < -0.3 is 0 Å². The van der Waals surface area contributed by atoms with Gasteiger partial charge in [0.05, 0.1) is 0 Å². The van der Waals surface area contributed by atoms with Crippen molar-refractivity contribution in [2.45, 2.75) is 124 Å². The van der Waals surface area contributed by atoms with Gasteiger partial charge in [-0.05, 0) is 96.4 Å². The van der Waals surface area contributed by atoms with Gasteiger partial charge in [-0.2, -0.15) is 0 Å². The van der Waals surface area contributed by atoms with Crippen LogP contribution in [0.5, 0.6) is 0 Å². The van der Waals surface area contributed by atoms with E-state index in [9.17, 15) is 0 Å². The van der Waals surface area contributed by atoms with E-state index in [4.69, 9.17) is 0 Å². The highest BCUT2D eigenvalue weighted by Gasteiger charge is 2.39. The Bertz CT molecular complexity index is 1460. The third-order valence-corrected chi connectivity index (χ3v) is 10.1. The molecule has 0 unspecified atom stereocenters. The molecule has 5 rings (SSSR count). The average molecular weight is 650 g/mol.